The lowest BCUT2D eigenvalue weighted by atomic mass is 10.1. The quantitative estimate of drug-likeness (QED) is 0.0920. The average molecular weight is 505 g/mol. The lowest BCUT2D eigenvalue weighted by Crippen LogP contribution is -2.59. The molecule has 0 aromatic rings. The Bertz CT molecular complexity index is 817. The van der Waals surface area contributed by atoms with Gasteiger partial charge in [-0.1, -0.05) is 0 Å². The Hall–Kier alpha value is -3.79. The van der Waals surface area contributed by atoms with Gasteiger partial charge in [0.1, 0.15) is 18.1 Å². The summed E-state index contributed by atoms with van der Waals surface area (Å²) >= 11 is 0. The largest absolute Gasteiger partial charge is 0.481 e. The second-order valence-electron chi connectivity index (χ2n) is 7.66. The van der Waals surface area contributed by atoms with Crippen LogP contribution in [0.3, 0.4) is 0 Å². The van der Waals surface area contributed by atoms with Crippen molar-refractivity contribution in [3.05, 3.63) is 0 Å². The van der Waals surface area contributed by atoms with Gasteiger partial charge in [0, 0.05) is 19.3 Å². The van der Waals surface area contributed by atoms with E-state index in [0.717, 1.165) is 6.92 Å². The van der Waals surface area contributed by atoms with Crippen LogP contribution in [0.1, 0.15) is 45.4 Å². The Morgan fingerprint density at radius 1 is 0.714 bits per heavy atom. The van der Waals surface area contributed by atoms with Crippen LogP contribution in [0.2, 0.25) is 0 Å². The zero-order chi connectivity index (χ0) is 27.3. The number of hydrogen-bond acceptors (Lipinski definition) is 9. The summed E-state index contributed by atoms with van der Waals surface area (Å²) < 4.78 is 0. The van der Waals surface area contributed by atoms with E-state index in [-0.39, 0.29) is 19.3 Å². The molecule has 0 saturated carbocycles. The molecule has 4 amide bonds. The molecule has 0 bridgehead atoms. The van der Waals surface area contributed by atoms with Crippen molar-refractivity contribution in [2.24, 2.45) is 11.5 Å². The molecule has 5 unspecified atom stereocenters. The highest BCUT2D eigenvalue weighted by Crippen LogP contribution is 2.05. The van der Waals surface area contributed by atoms with Crippen molar-refractivity contribution in [1.82, 2.24) is 16.0 Å². The minimum absolute atomic E-state index is 0.253. The Morgan fingerprint density at radius 3 is 1.66 bits per heavy atom. The van der Waals surface area contributed by atoms with Crippen molar-refractivity contribution in [1.29, 1.82) is 0 Å². The van der Waals surface area contributed by atoms with E-state index in [0.29, 0.717) is 0 Å². The molecule has 198 valence electrons. The van der Waals surface area contributed by atoms with Crippen molar-refractivity contribution in [3.8, 4) is 0 Å². The number of aliphatic hydroxyl groups is 1. The first-order chi connectivity index (χ1) is 16.1. The Labute approximate surface area is 199 Å². The van der Waals surface area contributed by atoms with Gasteiger partial charge >= 0.3 is 17.9 Å². The van der Waals surface area contributed by atoms with Crippen LogP contribution in [0.5, 0.6) is 0 Å². The summed E-state index contributed by atoms with van der Waals surface area (Å²) in [5, 5.41) is 42.9. The van der Waals surface area contributed by atoms with E-state index in [9.17, 15) is 43.8 Å². The van der Waals surface area contributed by atoms with E-state index in [1.54, 1.807) is 0 Å². The minimum atomic E-state index is -1.72. The van der Waals surface area contributed by atoms with E-state index in [4.69, 9.17) is 21.7 Å². The van der Waals surface area contributed by atoms with Crippen molar-refractivity contribution in [2.75, 3.05) is 0 Å². The van der Waals surface area contributed by atoms with Crippen LogP contribution < -0.4 is 27.4 Å². The Balaban J connectivity index is 5.47. The number of carbonyl (C=O) groups excluding carboxylic acids is 4. The smallest absolute Gasteiger partial charge is 0.326 e. The van der Waals surface area contributed by atoms with Crippen LogP contribution in [0.4, 0.5) is 0 Å². The van der Waals surface area contributed by atoms with Gasteiger partial charge in [0.25, 0.3) is 0 Å². The number of nitrogens with one attached hydrogen (secondary N) is 3. The topological polar surface area (TPSA) is 289 Å². The number of nitrogens with two attached hydrogens (primary N) is 2. The van der Waals surface area contributed by atoms with Gasteiger partial charge < -0.3 is 47.8 Å². The van der Waals surface area contributed by atoms with Gasteiger partial charge in [0.05, 0.1) is 12.1 Å². The lowest BCUT2D eigenvalue weighted by Gasteiger charge is -2.26. The second kappa shape index (κ2) is 15.2. The fraction of sp³-hybridized carbons (Fsp3) is 0.632. The number of aliphatic carboxylic acids is 3. The van der Waals surface area contributed by atoms with Gasteiger partial charge in [-0.25, -0.2) is 4.79 Å². The first-order valence-corrected chi connectivity index (χ1v) is 10.4. The Morgan fingerprint density at radius 2 is 1.20 bits per heavy atom. The molecule has 0 aliphatic rings. The van der Waals surface area contributed by atoms with Crippen LogP contribution in [-0.4, -0.2) is 92.2 Å². The molecule has 0 radical (unpaired) electrons. The SMILES string of the molecule is CC(O)C(NC(=O)C(CCC(N)=O)NC(=O)C(N)CCC(=O)O)C(=O)NC(CCC(=O)O)C(=O)O. The van der Waals surface area contributed by atoms with Crippen LogP contribution >= 0.6 is 0 Å². The van der Waals surface area contributed by atoms with Crippen LogP contribution in [0, 0.1) is 0 Å². The predicted molar refractivity (Wildman–Crippen MR) is 115 cm³/mol. The third-order valence-electron chi connectivity index (χ3n) is 4.64. The summed E-state index contributed by atoms with van der Waals surface area (Å²) in [7, 11) is 0. The highest BCUT2D eigenvalue weighted by molar-refractivity contribution is 5.94. The van der Waals surface area contributed by atoms with E-state index < -0.39 is 91.1 Å². The maximum atomic E-state index is 12.7. The summed E-state index contributed by atoms with van der Waals surface area (Å²) in [5.74, 6) is -8.00. The number of carbonyl (C=O) groups is 7. The third-order valence-corrected chi connectivity index (χ3v) is 4.64. The zero-order valence-corrected chi connectivity index (χ0v) is 18.9. The van der Waals surface area contributed by atoms with Crippen LogP contribution in [0.25, 0.3) is 0 Å². The van der Waals surface area contributed by atoms with Gasteiger partial charge in [-0.2, -0.15) is 0 Å². The van der Waals surface area contributed by atoms with Crippen LogP contribution in [-0.2, 0) is 33.6 Å². The highest BCUT2D eigenvalue weighted by atomic mass is 16.4. The summed E-state index contributed by atoms with van der Waals surface area (Å²) in [6.07, 6.45) is -3.98. The van der Waals surface area contributed by atoms with Crippen molar-refractivity contribution in [2.45, 2.75) is 75.7 Å². The van der Waals surface area contributed by atoms with Gasteiger partial charge in [0.15, 0.2) is 0 Å². The molecule has 0 rings (SSSR count). The van der Waals surface area contributed by atoms with Gasteiger partial charge in [-0.3, -0.25) is 28.8 Å². The first kappa shape index (κ1) is 31.2. The van der Waals surface area contributed by atoms with Crippen molar-refractivity contribution >= 4 is 41.5 Å². The lowest BCUT2D eigenvalue weighted by molar-refractivity contribution is -0.144. The van der Waals surface area contributed by atoms with Crippen molar-refractivity contribution < 1.29 is 54.0 Å². The molecule has 0 saturated heterocycles. The first-order valence-electron chi connectivity index (χ1n) is 10.4. The second-order valence-corrected chi connectivity index (χ2v) is 7.66. The molecular weight excluding hydrogens is 474 g/mol. The van der Waals surface area contributed by atoms with Gasteiger partial charge in [-0.15, -0.1) is 0 Å². The maximum Gasteiger partial charge on any atom is 0.326 e. The minimum Gasteiger partial charge on any atom is -0.481 e. The fourth-order valence-electron chi connectivity index (χ4n) is 2.69. The monoisotopic (exact) mass is 505 g/mol. The number of rotatable bonds is 17. The van der Waals surface area contributed by atoms with E-state index in [1.807, 2.05) is 5.32 Å². The number of hydrogen-bond donors (Lipinski definition) is 9. The summed E-state index contributed by atoms with van der Waals surface area (Å²) in [6, 6.07) is -6.13. The molecule has 0 aromatic heterocycles. The van der Waals surface area contributed by atoms with E-state index >= 15 is 0 Å². The zero-order valence-electron chi connectivity index (χ0n) is 18.9. The molecular formula is C19H31N5O11. The molecule has 0 aliphatic heterocycles. The molecule has 16 nitrogen and oxygen atoms in total. The molecule has 35 heavy (non-hydrogen) atoms. The van der Waals surface area contributed by atoms with E-state index in [1.165, 1.54) is 0 Å². The standard InChI is InChI=1S/C19H31N5O11/c1-8(25)15(18(33)23-11(19(34)35)4-7-14(29)30)24-17(32)10(3-5-12(21)26)22-16(31)9(20)2-6-13(27)28/h8-11,15,25H,2-7,20H2,1H3,(H2,21,26)(H,22,31)(H,23,33)(H,24,32)(H,27,28)(H,29,30)(H,34,35). The fourth-order valence-corrected chi connectivity index (χ4v) is 2.69. The van der Waals surface area contributed by atoms with E-state index in [2.05, 4.69) is 10.6 Å². The Kier molecular flexibility index (Phi) is 13.5. The number of amides is 4. The summed E-state index contributed by atoms with van der Waals surface area (Å²) in [5.41, 5.74) is 10.7. The molecule has 11 N–H and O–H groups in total. The molecule has 5 atom stereocenters. The summed E-state index contributed by atoms with van der Waals surface area (Å²) in [6.45, 7) is 1.11. The average Bonchev–Trinajstić information content (AvgIpc) is 2.74. The van der Waals surface area contributed by atoms with Gasteiger partial charge in [-0.05, 0) is 26.2 Å². The summed E-state index contributed by atoms with van der Waals surface area (Å²) in [4.78, 5) is 81.3. The van der Waals surface area contributed by atoms with Gasteiger partial charge in [0.2, 0.25) is 23.6 Å². The predicted octanol–water partition coefficient (Wildman–Crippen LogP) is -3.77. The third kappa shape index (κ3) is 12.9. The molecule has 0 aromatic carbocycles. The molecule has 0 aliphatic carbocycles. The normalized spacial score (nSPS) is 14.9. The van der Waals surface area contributed by atoms with Crippen molar-refractivity contribution in [3.63, 3.8) is 0 Å². The number of primary amides is 1. The molecule has 0 spiro atoms. The molecule has 0 fully saturated rings. The number of carboxylic acid groups (broad SMARTS) is 3. The van der Waals surface area contributed by atoms with Crippen LogP contribution in [0.15, 0.2) is 0 Å². The molecule has 0 heterocycles. The highest BCUT2D eigenvalue weighted by Gasteiger charge is 2.33. The molecule has 16 heteroatoms. The number of carboxylic acids is 3. The number of aliphatic hydroxyl groups excluding tert-OH is 1. The maximum absolute atomic E-state index is 12.7.